The molecule has 0 bridgehead atoms. The van der Waals surface area contributed by atoms with E-state index in [0.29, 0.717) is 30.8 Å². The van der Waals surface area contributed by atoms with E-state index in [0.717, 1.165) is 37.6 Å². The summed E-state index contributed by atoms with van der Waals surface area (Å²) in [6.45, 7) is 10.6. The summed E-state index contributed by atoms with van der Waals surface area (Å²) in [5, 5.41) is 16.4. The SMILES string of the molecule is CC(=O)OC[C@H]1O[C@@H](Oc2n[nH]c(C(C)C)c2Cc2ccc(OCCCO)cc2C)[C@H](OC(C)=O)[C@@H](OC(C)=O)[C@@H]1OC(C)=O. The molecule has 2 aromatic rings. The van der Waals surface area contributed by atoms with E-state index in [1.54, 1.807) is 0 Å². The number of H-pyrrole nitrogens is 1. The van der Waals surface area contributed by atoms with Crippen LogP contribution in [0, 0.1) is 6.92 Å². The van der Waals surface area contributed by atoms with Crippen molar-refractivity contribution in [1.29, 1.82) is 0 Å². The maximum Gasteiger partial charge on any atom is 0.303 e. The van der Waals surface area contributed by atoms with Gasteiger partial charge in [-0.15, -0.1) is 5.10 Å². The van der Waals surface area contributed by atoms with Crippen molar-refractivity contribution in [2.45, 2.75) is 97.9 Å². The summed E-state index contributed by atoms with van der Waals surface area (Å²) < 4.78 is 39.7. The van der Waals surface area contributed by atoms with Gasteiger partial charge < -0.3 is 38.3 Å². The highest BCUT2D eigenvalue weighted by Gasteiger charge is 2.53. The van der Waals surface area contributed by atoms with Gasteiger partial charge in [0.2, 0.25) is 18.3 Å². The monoisotopic (exact) mass is 634 g/mol. The number of carbonyl (C=O) groups is 4. The number of aromatic nitrogens is 2. The number of aliphatic hydroxyl groups excluding tert-OH is 1. The number of hydrogen-bond donors (Lipinski definition) is 2. The highest BCUT2D eigenvalue weighted by atomic mass is 16.7. The molecule has 0 amide bonds. The average molecular weight is 635 g/mol. The summed E-state index contributed by atoms with van der Waals surface area (Å²) >= 11 is 0. The second-order valence-corrected chi connectivity index (χ2v) is 11.0. The van der Waals surface area contributed by atoms with Crippen LogP contribution in [-0.4, -0.2) is 89.7 Å². The smallest absolute Gasteiger partial charge is 0.303 e. The fourth-order valence-corrected chi connectivity index (χ4v) is 4.90. The van der Waals surface area contributed by atoms with Crippen LogP contribution in [0.2, 0.25) is 0 Å². The lowest BCUT2D eigenvalue weighted by Gasteiger charge is -2.43. The minimum atomic E-state index is -1.42. The van der Waals surface area contributed by atoms with E-state index in [1.165, 1.54) is 6.92 Å². The van der Waals surface area contributed by atoms with Crippen molar-refractivity contribution < 1.29 is 57.4 Å². The zero-order valence-electron chi connectivity index (χ0n) is 26.6. The minimum absolute atomic E-state index is 0.0154. The third-order valence-electron chi connectivity index (χ3n) is 6.87. The van der Waals surface area contributed by atoms with E-state index >= 15 is 0 Å². The van der Waals surface area contributed by atoms with Crippen LogP contribution < -0.4 is 9.47 Å². The number of hydrogen-bond acceptors (Lipinski definition) is 13. The Balaban J connectivity index is 2.01. The topological polar surface area (TPSA) is 182 Å². The molecule has 1 aliphatic heterocycles. The Hall–Kier alpha value is -4.17. The van der Waals surface area contributed by atoms with E-state index in [-0.39, 0.29) is 25.0 Å². The lowest BCUT2D eigenvalue weighted by molar-refractivity contribution is -0.289. The molecule has 0 saturated carbocycles. The summed E-state index contributed by atoms with van der Waals surface area (Å²) in [4.78, 5) is 48.1. The Morgan fingerprint density at radius 3 is 2.18 bits per heavy atom. The standard InChI is InChI=1S/C31H42N2O12/c1-16(2)26-24(14-22-9-10-23(13-17(22)3)39-12-8-11-34)30(33-32-26)45-31-29(43-21(7)38)28(42-20(6)37)27(41-19(5)36)25(44-31)15-40-18(4)35/h9-10,13,16,25,27-29,31,34H,8,11-12,14-15H2,1-7H3,(H,32,33)/t25-,27-,28+,29-,31+/m1/s1. The molecule has 1 aromatic heterocycles. The van der Waals surface area contributed by atoms with E-state index in [1.807, 2.05) is 39.0 Å². The quantitative estimate of drug-likeness (QED) is 0.176. The second kappa shape index (κ2) is 16.2. The third-order valence-corrected chi connectivity index (χ3v) is 6.87. The van der Waals surface area contributed by atoms with Gasteiger partial charge in [-0.2, -0.15) is 0 Å². The predicted octanol–water partition coefficient (Wildman–Crippen LogP) is 2.66. The molecule has 1 saturated heterocycles. The number of nitrogens with zero attached hydrogens (tertiary/aromatic N) is 1. The van der Waals surface area contributed by atoms with Crippen molar-refractivity contribution in [3.63, 3.8) is 0 Å². The van der Waals surface area contributed by atoms with E-state index in [2.05, 4.69) is 10.2 Å². The van der Waals surface area contributed by atoms with Crippen molar-refractivity contribution in [2.75, 3.05) is 19.8 Å². The van der Waals surface area contributed by atoms with Gasteiger partial charge in [0.15, 0.2) is 12.2 Å². The number of nitrogens with one attached hydrogen (secondary N) is 1. The molecule has 5 atom stereocenters. The third kappa shape index (κ3) is 9.91. The van der Waals surface area contributed by atoms with Crippen molar-refractivity contribution in [3.8, 4) is 11.6 Å². The second-order valence-electron chi connectivity index (χ2n) is 11.0. The number of esters is 4. The van der Waals surface area contributed by atoms with E-state index in [4.69, 9.17) is 38.3 Å². The number of carbonyl (C=O) groups excluding carboxylic acids is 4. The summed E-state index contributed by atoms with van der Waals surface area (Å²) in [7, 11) is 0. The lowest BCUT2D eigenvalue weighted by atomic mass is 9.96. The van der Waals surface area contributed by atoms with Crippen LogP contribution >= 0.6 is 0 Å². The molecule has 1 aromatic carbocycles. The summed E-state index contributed by atoms with van der Waals surface area (Å²) in [6.07, 6.45) is -5.74. The van der Waals surface area contributed by atoms with Crippen LogP contribution in [0.25, 0.3) is 0 Å². The van der Waals surface area contributed by atoms with Crippen molar-refractivity contribution in [3.05, 3.63) is 40.6 Å². The van der Waals surface area contributed by atoms with Gasteiger partial charge in [0, 0.05) is 58.4 Å². The Morgan fingerprint density at radius 1 is 0.956 bits per heavy atom. The molecule has 0 unspecified atom stereocenters. The molecule has 3 rings (SSSR count). The highest BCUT2D eigenvalue weighted by Crippen LogP contribution is 2.34. The number of aryl methyl sites for hydroxylation is 1. The molecule has 1 fully saturated rings. The normalized spacial score (nSPS) is 21.1. The predicted molar refractivity (Wildman–Crippen MR) is 156 cm³/mol. The molecule has 2 heterocycles. The molecule has 14 nitrogen and oxygen atoms in total. The maximum absolute atomic E-state index is 12.2. The Labute approximate surface area is 261 Å². The Morgan fingerprint density at radius 2 is 1.60 bits per heavy atom. The van der Waals surface area contributed by atoms with E-state index in [9.17, 15) is 19.2 Å². The number of benzene rings is 1. The van der Waals surface area contributed by atoms with E-state index < -0.39 is 54.6 Å². The van der Waals surface area contributed by atoms with Crippen molar-refractivity contribution in [2.24, 2.45) is 0 Å². The maximum atomic E-state index is 12.2. The molecule has 2 N–H and O–H groups in total. The van der Waals surface area contributed by atoms with Gasteiger partial charge in [-0.25, -0.2) is 0 Å². The summed E-state index contributed by atoms with van der Waals surface area (Å²) in [6, 6.07) is 5.68. The molecular formula is C31H42N2O12. The van der Waals surface area contributed by atoms with Gasteiger partial charge in [-0.3, -0.25) is 24.3 Å². The summed E-state index contributed by atoms with van der Waals surface area (Å²) in [5.74, 6) is -2.01. The minimum Gasteiger partial charge on any atom is -0.493 e. The molecule has 0 radical (unpaired) electrons. The molecule has 1 aliphatic rings. The molecular weight excluding hydrogens is 592 g/mol. The van der Waals surface area contributed by atoms with Gasteiger partial charge in [0.25, 0.3) is 0 Å². The van der Waals surface area contributed by atoms with Gasteiger partial charge in [0.05, 0.1) is 6.61 Å². The molecule has 45 heavy (non-hydrogen) atoms. The van der Waals surface area contributed by atoms with Crippen LogP contribution in [-0.2, 0) is 49.3 Å². The lowest BCUT2D eigenvalue weighted by Crippen LogP contribution is -2.63. The van der Waals surface area contributed by atoms with Gasteiger partial charge >= 0.3 is 23.9 Å². The van der Waals surface area contributed by atoms with Gasteiger partial charge in [-0.05, 0) is 36.1 Å². The van der Waals surface area contributed by atoms with Gasteiger partial charge in [0.1, 0.15) is 18.5 Å². The highest BCUT2D eigenvalue weighted by molar-refractivity contribution is 5.68. The zero-order valence-corrected chi connectivity index (χ0v) is 26.6. The Kier molecular flexibility index (Phi) is 12.7. The molecule has 14 heteroatoms. The molecule has 0 aliphatic carbocycles. The number of aromatic amines is 1. The number of rotatable bonds is 14. The largest absolute Gasteiger partial charge is 0.493 e. The molecule has 248 valence electrons. The summed E-state index contributed by atoms with van der Waals surface area (Å²) in [5.41, 5.74) is 3.40. The fraction of sp³-hybridized carbons (Fsp3) is 0.581. The van der Waals surface area contributed by atoms with Crippen LogP contribution in [0.3, 0.4) is 0 Å². The average Bonchev–Trinajstić information content (AvgIpc) is 3.34. The number of aliphatic hydroxyl groups is 1. The van der Waals surface area contributed by atoms with Crippen LogP contribution in [0.15, 0.2) is 18.2 Å². The van der Waals surface area contributed by atoms with Gasteiger partial charge in [-0.1, -0.05) is 19.9 Å². The molecule has 0 spiro atoms. The number of ether oxygens (including phenoxy) is 7. The van der Waals surface area contributed by atoms with Crippen LogP contribution in [0.5, 0.6) is 11.6 Å². The first-order valence-electron chi connectivity index (χ1n) is 14.7. The first-order chi connectivity index (χ1) is 21.3. The first kappa shape index (κ1) is 35.3. The first-order valence-corrected chi connectivity index (χ1v) is 14.7. The van der Waals surface area contributed by atoms with Crippen molar-refractivity contribution >= 4 is 23.9 Å². The van der Waals surface area contributed by atoms with Crippen LogP contribution in [0.4, 0.5) is 0 Å². The fourth-order valence-electron chi connectivity index (χ4n) is 4.90. The van der Waals surface area contributed by atoms with Crippen molar-refractivity contribution in [1.82, 2.24) is 10.2 Å². The zero-order chi connectivity index (χ0) is 33.3. The Bertz CT molecular complexity index is 1340. The van der Waals surface area contributed by atoms with Crippen LogP contribution in [0.1, 0.15) is 76.3 Å².